The number of hydrogen-bond donors (Lipinski definition) is 1. The Morgan fingerprint density at radius 1 is 1.62 bits per heavy atom. The first kappa shape index (κ1) is 10.7. The van der Waals surface area contributed by atoms with Crippen molar-refractivity contribution < 1.29 is 5.11 Å². The molecule has 1 aromatic heterocycles. The SMILES string of the molecule is OCCC=Cc1cc(Br)cnc1Cl. The van der Waals surface area contributed by atoms with Gasteiger partial charge in [0.25, 0.3) is 0 Å². The quantitative estimate of drug-likeness (QED) is 0.850. The maximum absolute atomic E-state index is 8.56. The van der Waals surface area contributed by atoms with Gasteiger partial charge in [0, 0.05) is 22.8 Å². The molecule has 1 rings (SSSR count). The Balaban J connectivity index is 2.81. The molecule has 0 spiro atoms. The zero-order valence-corrected chi connectivity index (χ0v) is 9.22. The molecule has 0 aromatic carbocycles. The van der Waals surface area contributed by atoms with Gasteiger partial charge < -0.3 is 5.11 Å². The van der Waals surface area contributed by atoms with Gasteiger partial charge in [-0.05, 0) is 28.4 Å². The van der Waals surface area contributed by atoms with E-state index in [2.05, 4.69) is 20.9 Å². The molecule has 0 aliphatic heterocycles. The molecule has 2 nitrogen and oxygen atoms in total. The third-order valence-electron chi connectivity index (χ3n) is 1.43. The zero-order chi connectivity index (χ0) is 9.68. The number of aromatic nitrogens is 1. The molecule has 0 fully saturated rings. The van der Waals surface area contributed by atoms with E-state index < -0.39 is 0 Å². The molecule has 0 bridgehead atoms. The predicted octanol–water partition coefficient (Wildman–Crippen LogP) is 2.89. The monoisotopic (exact) mass is 261 g/mol. The van der Waals surface area contributed by atoms with Gasteiger partial charge in [0.15, 0.2) is 0 Å². The third kappa shape index (κ3) is 3.46. The number of nitrogens with zero attached hydrogens (tertiary/aromatic N) is 1. The van der Waals surface area contributed by atoms with E-state index in [4.69, 9.17) is 16.7 Å². The van der Waals surface area contributed by atoms with Crippen LogP contribution in [0.1, 0.15) is 12.0 Å². The lowest BCUT2D eigenvalue weighted by Crippen LogP contribution is -1.81. The van der Waals surface area contributed by atoms with E-state index in [0.29, 0.717) is 11.6 Å². The molecule has 1 heterocycles. The second-order valence-electron chi connectivity index (χ2n) is 2.45. The van der Waals surface area contributed by atoms with Crippen LogP contribution in [0.2, 0.25) is 5.15 Å². The van der Waals surface area contributed by atoms with E-state index in [1.165, 1.54) is 0 Å². The van der Waals surface area contributed by atoms with Crippen molar-refractivity contribution in [3.8, 4) is 0 Å². The van der Waals surface area contributed by atoms with Crippen molar-refractivity contribution in [3.63, 3.8) is 0 Å². The predicted molar refractivity (Wildman–Crippen MR) is 57.7 cm³/mol. The van der Waals surface area contributed by atoms with Gasteiger partial charge in [-0.3, -0.25) is 0 Å². The molecule has 0 atom stereocenters. The molecule has 1 N–H and O–H groups in total. The maximum Gasteiger partial charge on any atom is 0.136 e. The van der Waals surface area contributed by atoms with Crippen LogP contribution >= 0.6 is 27.5 Å². The van der Waals surface area contributed by atoms with Crippen molar-refractivity contribution in [1.29, 1.82) is 0 Å². The Kier molecular flexibility index (Phi) is 4.42. The molecule has 0 aliphatic carbocycles. The highest BCUT2D eigenvalue weighted by atomic mass is 79.9. The summed E-state index contributed by atoms with van der Waals surface area (Å²) in [4.78, 5) is 3.96. The first-order valence-electron chi connectivity index (χ1n) is 3.82. The number of aliphatic hydroxyl groups excluding tert-OH is 1. The third-order valence-corrected chi connectivity index (χ3v) is 2.18. The van der Waals surface area contributed by atoms with Crippen LogP contribution in [0.25, 0.3) is 6.08 Å². The maximum atomic E-state index is 8.56. The summed E-state index contributed by atoms with van der Waals surface area (Å²) in [6, 6.07) is 1.88. The fraction of sp³-hybridized carbons (Fsp3) is 0.222. The van der Waals surface area contributed by atoms with Crippen LogP contribution < -0.4 is 0 Å². The number of aliphatic hydroxyl groups is 1. The smallest absolute Gasteiger partial charge is 0.136 e. The van der Waals surface area contributed by atoms with Crippen LogP contribution in [0.15, 0.2) is 22.8 Å². The molecule has 0 amide bonds. The summed E-state index contributed by atoms with van der Waals surface area (Å²) in [5.41, 5.74) is 0.851. The van der Waals surface area contributed by atoms with Crippen molar-refractivity contribution in [2.75, 3.05) is 6.61 Å². The molecule has 0 aliphatic rings. The molecule has 0 radical (unpaired) electrons. The molecule has 4 heteroatoms. The van der Waals surface area contributed by atoms with E-state index in [9.17, 15) is 0 Å². The summed E-state index contributed by atoms with van der Waals surface area (Å²) in [6.45, 7) is 0.148. The van der Waals surface area contributed by atoms with Crippen LogP contribution in [0.5, 0.6) is 0 Å². The van der Waals surface area contributed by atoms with Crippen molar-refractivity contribution in [2.45, 2.75) is 6.42 Å². The van der Waals surface area contributed by atoms with Crippen LogP contribution in [0.3, 0.4) is 0 Å². The number of pyridine rings is 1. The zero-order valence-electron chi connectivity index (χ0n) is 6.87. The van der Waals surface area contributed by atoms with Crippen LogP contribution in [0, 0.1) is 0 Å². The molecular weight excluding hydrogens is 253 g/mol. The number of halogens is 2. The van der Waals surface area contributed by atoms with Crippen LogP contribution in [0.4, 0.5) is 0 Å². The van der Waals surface area contributed by atoms with E-state index in [1.54, 1.807) is 6.20 Å². The van der Waals surface area contributed by atoms with Gasteiger partial charge in [0.1, 0.15) is 5.15 Å². The summed E-state index contributed by atoms with van der Waals surface area (Å²) >= 11 is 9.13. The van der Waals surface area contributed by atoms with Gasteiger partial charge in [-0.25, -0.2) is 4.98 Å². The second kappa shape index (κ2) is 5.37. The Morgan fingerprint density at radius 3 is 3.08 bits per heavy atom. The Bertz CT molecular complexity index is 314. The first-order valence-corrected chi connectivity index (χ1v) is 4.99. The molecule has 0 saturated heterocycles. The minimum Gasteiger partial charge on any atom is -0.396 e. The molecule has 70 valence electrons. The van der Waals surface area contributed by atoms with Gasteiger partial charge in [0.05, 0.1) is 0 Å². The van der Waals surface area contributed by atoms with Gasteiger partial charge in [-0.15, -0.1) is 0 Å². The highest BCUT2D eigenvalue weighted by Crippen LogP contribution is 2.19. The lowest BCUT2D eigenvalue weighted by Gasteiger charge is -1.97. The molecule has 0 saturated carbocycles. The van der Waals surface area contributed by atoms with Crippen LogP contribution in [-0.2, 0) is 0 Å². The van der Waals surface area contributed by atoms with Gasteiger partial charge in [-0.2, -0.15) is 0 Å². The number of rotatable bonds is 3. The van der Waals surface area contributed by atoms with Gasteiger partial charge in [-0.1, -0.05) is 23.8 Å². The minimum atomic E-state index is 0.148. The van der Waals surface area contributed by atoms with Crippen LogP contribution in [-0.4, -0.2) is 16.7 Å². The minimum absolute atomic E-state index is 0.148. The van der Waals surface area contributed by atoms with E-state index in [-0.39, 0.29) is 6.61 Å². The summed E-state index contributed by atoms with van der Waals surface area (Å²) in [6.07, 6.45) is 5.97. The summed E-state index contributed by atoms with van der Waals surface area (Å²) < 4.78 is 0.889. The Labute approximate surface area is 90.4 Å². The lowest BCUT2D eigenvalue weighted by atomic mass is 10.2. The molecule has 1 aromatic rings. The Hall–Kier alpha value is -0.380. The van der Waals surface area contributed by atoms with Crippen molar-refractivity contribution in [1.82, 2.24) is 4.98 Å². The topological polar surface area (TPSA) is 33.1 Å². The molecule has 13 heavy (non-hydrogen) atoms. The summed E-state index contributed by atoms with van der Waals surface area (Å²) in [7, 11) is 0. The van der Waals surface area contributed by atoms with E-state index in [1.807, 2.05) is 18.2 Å². The Morgan fingerprint density at radius 2 is 2.38 bits per heavy atom. The van der Waals surface area contributed by atoms with Crippen molar-refractivity contribution >= 4 is 33.6 Å². The fourth-order valence-electron chi connectivity index (χ4n) is 0.840. The van der Waals surface area contributed by atoms with E-state index >= 15 is 0 Å². The summed E-state index contributed by atoms with van der Waals surface area (Å²) in [5.74, 6) is 0. The van der Waals surface area contributed by atoms with Crippen molar-refractivity contribution in [3.05, 3.63) is 33.5 Å². The molecule has 0 unspecified atom stereocenters. The lowest BCUT2D eigenvalue weighted by molar-refractivity contribution is 0.303. The second-order valence-corrected chi connectivity index (χ2v) is 3.72. The number of hydrogen-bond acceptors (Lipinski definition) is 2. The van der Waals surface area contributed by atoms with Gasteiger partial charge >= 0.3 is 0 Å². The standard InChI is InChI=1S/C9H9BrClNO/c10-8-5-7(3-1-2-4-13)9(11)12-6-8/h1,3,5-6,13H,2,4H2. The average molecular weight is 263 g/mol. The summed E-state index contributed by atoms with van der Waals surface area (Å²) in [5, 5.41) is 9.03. The van der Waals surface area contributed by atoms with Crippen molar-refractivity contribution in [2.24, 2.45) is 0 Å². The molecular formula is C9H9BrClNO. The average Bonchev–Trinajstić information content (AvgIpc) is 2.11. The van der Waals surface area contributed by atoms with Gasteiger partial charge in [0.2, 0.25) is 0 Å². The van der Waals surface area contributed by atoms with E-state index in [0.717, 1.165) is 10.0 Å². The highest BCUT2D eigenvalue weighted by Gasteiger charge is 1.97. The first-order chi connectivity index (χ1) is 6.24. The fourth-order valence-corrected chi connectivity index (χ4v) is 1.36. The largest absolute Gasteiger partial charge is 0.396 e. The normalized spacial score (nSPS) is 11.0. The highest BCUT2D eigenvalue weighted by molar-refractivity contribution is 9.10.